The Bertz CT molecular complexity index is 647. The van der Waals surface area contributed by atoms with Crippen LogP contribution in [-0.4, -0.2) is 26.0 Å². The fourth-order valence-corrected chi connectivity index (χ4v) is 3.13. The van der Waals surface area contributed by atoms with E-state index in [4.69, 9.17) is 0 Å². The van der Waals surface area contributed by atoms with Gasteiger partial charge >= 0.3 is 6.03 Å². The molecule has 1 aliphatic carbocycles. The Kier molecular flexibility index (Phi) is 4.37. The van der Waals surface area contributed by atoms with Gasteiger partial charge in [0.25, 0.3) is 0 Å². The minimum Gasteiger partial charge on any atom is -0.331 e. The molecule has 0 radical (unpaired) electrons. The summed E-state index contributed by atoms with van der Waals surface area (Å²) in [6.07, 6.45) is 6.92. The fourth-order valence-electron chi connectivity index (χ4n) is 2.23. The third-order valence-corrected chi connectivity index (χ3v) is 4.68. The van der Waals surface area contributed by atoms with Crippen LogP contribution < -0.4 is 10.6 Å². The average molecular weight is 320 g/mol. The summed E-state index contributed by atoms with van der Waals surface area (Å²) < 4.78 is 1.85. The van der Waals surface area contributed by atoms with E-state index in [2.05, 4.69) is 25.9 Å². The molecule has 2 aromatic heterocycles. The molecule has 2 amide bonds. The monoisotopic (exact) mass is 320 g/mol. The summed E-state index contributed by atoms with van der Waals surface area (Å²) >= 11 is 1.46. The van der Waals surface area contributed by atoms with Crippen molar-refractivity contribution >= 4 is 22.5 Å². The summed E-state index contributed by atoms with van der Waals surface area (Å²) in [5.74, 6) is 0.555. The van der Waals surface area contributed by atoms with Crippen LogP contribution in [0.25, 0.3) is 0 Å². The molecule has 0 spiro atoms. The molecule has 2 heterocycles. The van der Waals surface area contributed by atoms with Gasteiger partial charge in [-0.3, -0.25) is 10.00 Å². The Morgan fingerprint density at radius 3 is 2.91 bits per heavy atom. The second-order valence-corrected chi connectivity index (χ2v) is 6.42. The molecule has 0 aliphatic heterocycles. The van der Waals surface area contributed by atoms with Crippen molar-refractivity contribution < 1.29 is 4.79 Å². The summed E-state index contributed by atoms with van der Waals surface area (Å²) in [7, 11) is 0. The molecule has 118 valence electrons. The van der Waals surface area contributed by atoms with Gasteiger partial charge in [-0.25, -0.2) is 4.79 Å². The number of anilines is 1. The van der Waals surface area contributed by atoms with E-state index >= 15 is 0 Å². The Morgan fingerprint density at radius 1 is 1.45 bits per heavy atom. The zero-order chi connectivity index (χ0) is 15.5. The van der Waals surface area contributed by atoms with Crippen molar-refractivity contribution in [2.24, 2.45) is 0 Å². The highest BCUT2D eigenvalue weighted by Crippen LogP contribution is 2.42. The van der Waals surface area contributed by atoms with Crippen molar-refractivity contribution in [3.63, 3.8) is 0 Å². The molecule has 0 unspecified atom stereocenters. The van der Waals surface area contributed by atoms with Crippen LogP contribution in [0.1, 0.15) is 55.6 Å². The first kappa shape index (κ1) is 15.0. The maximum Gasteiger partial charge on any atom is 0.321 e. The zero-order valence-electron chi connectivity index (χ0n) is 12.7. The smallest absolute Gasteiger partial charge is 0.321 e. The second-order valence-electron chi connectivity index (χ2n) is 5.41. The van der Waals surface area contributed by atoms with Crippen LogP contribution in [0, 0.1) is 0 Å². The Hall–Kier alpha value is -1.96. The molecule has 1 fully saturated rings. The van der Waals surface area contributed by atoms with Gasteiger partial charge in [0.05, 0.1) is 12.2 Å². The molecule has 7 nitrogen and oxygen atoms in total. The summed E-state index contributed by atoms with van der Waals surface area (Å²) in [5, 5.41) is 19.7. The van der Waals surface area contributed by atoms with Crippen molar-refractivity contribution in [1.29, 1.82) is 0 Å². The van der Waals surface area contributed by atoms with Gasteiger partial charge in [-0.05, 0) is 26.2 Å². The van der Waals surface area contributed by atoms with Gasteiger partial charge < -0.3 is 5.32 Å². The number of aromatic nitrogens is 4. The van der Waals surface area contributed by atoms with Crippen LogP contribution >= 0.6 is 11.3 Å². The van der Waals surface area contributed by atoms with Crippen molar-refractivity contribution in [3.05, 3.63) is 23.0 Å². The summed E-state index contributed by atoms with van der Waals surface area (Å²) in [6, 6.07) is -0.314. The van der Waals surface area contributed by atoms with Crippen LogP contribution in [0.4, 0.5) is 9.93 Å². The fraction of sp³-hybridized carbons (Fsp3) is 0.571. The lowest BCUT2D eigenvalue weighted by Crippen LogP contribution is -2.32. The second kappa shape index (κ2) is 6.43. The number of carbonyl (C=O) groups is 1. The molecule has 0 bridgehead atoms. The van der Waals surface area contributed by atoms with Gasteiger partial charge in [-0.1, -0.05) is 18.3 Å². The Balaban J connectivity index is 1.58. The van der Waals surface area contributed by atoms with E-state index in [1.54, 1.807) is 6.20 Å². The van der Waals surface area contributed by atoms with Crippen molar-refractivity contribution in [2.45, 2.75) is 51.6 Å². The largest absolute Gasteiger partial charge is 0.331 e. The highest BCUT2D eigenvalue weighted by atomic mass is 32.1. The molecule has 22 heavy (non-hydrogen) atoms. The Labute approximate surface area is 133 Å². The molecule has 0 saturated heterocycles. The van der Waals surface area contributed by atoms with Crippen molar-refractivity contribution in [3.8, 4) is 0 Å². The average Bonchev–Trinajstić information content (AvgIpc) is 3.08. The molecular formula is C14H20N6OS. The van der Waals surface area contributed by atoms with Crippen molar-refractivity contribution in [1.82, 2.24) is 25.3 Å². The van der Waals surface area contributed by atoms with Crippen LogP contribution in [0.2, 0.25) is 0 Å². The highest BCUT2D eigenvalue weighted by molar-refractivity contribution is 7.15. The zero-order valence-corrected chi connectivity index (χ0v) is 13.6. The number of urea groups is 1. The number of rotatable bonds is 6. The SMILES string of the molecule is CC[C@@H](NC(=O)Nc1nnc(C2CC2)s1)c1cnn(CC)c1. The molecule has 1 atom stereocenters. The maximum atomic E-state index is 12.1. The predicted molar refractivity (Wildman–Crippen MR) is 85.0 cm³/mol. The van der Waals surface area contributed by atoms with Crippen LogP contribution in [0.5, 0.6) is 0 Å². The number of hydrogen-bond donors (Lipinski definition) is 2. The minimum absolute atomic E-state index is 0.0591. The molecule has 0 aromatic carbocycles. The number of aryl methyl sites for hydroxylation is 1. The molecule has 3 rings (SSSR count). The summed E-state index contributed by atoms with van der Waals surface area (Å²) in [6.45, 7) is 4.88. The van der Waals surface area contributed by atoms with Crippen LogP contribution in [-0.2, 0) is 6.54 Å². The number of carbonyl (C=O) groups excluding carboxylic acids is 1. The number of nitrogens with zero attached hydrogens (tertiary/aromatic N) is 4. The standard InChI is InChI=1S/C14H20N6OS/c1-3-11(10-7-15-20(4-2)8-10)16-13(21)17-14-19-18-12(22-14)9-5-6-9/h7-9,11H,3-6H2,1-2H3,(H2,16,17,19,21)/t11-/m1/s1. The van der Waals surface area contributed by atoms with E-state index in [0.717, 1.165) is 23.5 Å². The highest BCUT2D eigenvalue weighted by Gasteiger charge is 2.27. The van der Waals surface area contributed by atoms with Gasteiger partial charge in [0.1, 0.15) is 5.01 Å². The van der Waals surface area contributed by atoms with E-state index in [1.807, 2.05) is 24.7 Å². The van der Waals surface area contributed by atoms with Crippen LogP contribution in [0.15, 0.2) is 12.4 Å². The molecular weight excluding hydrogens is 300 g/mol. The van der Waals surface area contributed by atoms with E-state index < -0.39 is 0 Å². The quantitative estimate of drug-likeness (QED) is 0.857. The topological polar surface area (TPSA) is 84.7 Å². The van der Waals surface area contributed by atoms with E-state index in [0.29, 0.717) is 11.0 Å². The summed E-state index contributed by atoms with van der Waals surface area (Å²) in [5.41, 5.74) is 1.01. The van der Waals surface area contributed by atoms with E-state index in [1.165, 1.54) is 24.2 Å². The van der Waals surface area contributed by atoms with Gasteiger partial charge in [0.15, 0.2) is 0 Å². The van der Waals surface area contributed by atoms with Gasteiger partial charge in [0, 0.05) is 24.2 Å². The van der Waals surface area contributed by atoms with E-state index in [-0.39, 0.29) is 12.1 Å². The van der Waals surface area contributed by atoms with Gasteiger partial charge in [-0.2, -0.15) is 5.10 Å². The van der Waals surface area contributed by atoms with E-state index in [9.17, 15) is 4.79 Å². The third-order valence-electron chi connectivity index (χ3n) is 3.68. The minimum atomic E-state index is -0.255. The van der Waals surface area contributed by atoms with Gasteiger partial charge in [0.2, 0.25) is 5.13 Å². The predicted octanol–water partition coefficient (Wildman–Crippen LogP) is 2.90. The number of amides is 2. The lowest BCUT2D eigenvalue weighted by atomic mass is 10.1. The number of hydrogen-bond acceptors (Lipinski definition) is 5. The van der Waals surface area contributed by atoms with Crippen molar-refractivity contribution in [2.75, 3.05) is 5.32 Å². The first-order valence-electron chi connectivity index (χ1n) is 7.62. The van der Waals surface area contributed by atoms with Gasteiger partial charge in [-0.15, -0.1) is 10.2 Å². The van der Waals surface area contributed by atoms with Crippen LogP contribution in [0.3, 0.4) is 0 Å². The molecule has 2 N–H and O–H groups in total. The summed E-state index contributed by atoms with van der Waals surface area (Å²) in [4.78, 5) is 12.1. The number of nitrogens with one attached hydrogen (secondary N) is 2. The maximum absolute atomic E-state index is 12.1. The Morgan fingerprint density at radius 2 is 2.27 bits per heavy atom. The first-order valence-corrected chi connectivity index (χ1v) is 8.44. The molecule has 2 aromatic rings. The molecule has 1 saturated carbocycles. The third kappa shape index (κ3) is 3.44. The molecule has 1 aliphatic rings. The molecule has 8 heteroatoms. The lowest BCUT2D eigenvalue weighted by Gasteiger charge is -2.15. The first-order chi connectivity index (χ1) is 10.7. The normalized spacial score (nSPS) is 15.5. The lowest BCUT2D eigenvalue weighted by molar-refractivity contribution is 0.248.